The molecule has 100 valence electrons. The summed E-state index contributed by atoms with van der Waals surface area (Å²) in [7, 11) is 3.45. The molecule has 0 aromatic heterocycles. The minimum Gasteiger partial charge on any atom is -0.356 e. The second kappa shape index (κ2) is 6.91. The molecule has 0 atom stereocenters. The van der Waals surface area contributed by atoms with Crippen molar-refractivity contribution in [3.63, 3.8) is 0 Å². The SMILES string of the molecule is COC(CC1CCC(c2ccccc2)CC1)OC. The Balaban J connectivity index is 1.81. The smallest absolute Gasteiger partial charge is 0.157 e. The molecule has 2 nitrogen and oxygen atoms in total. The Morgan fingerprint density at radius 2 is 1.61 bits per heavy atom. The molecule has 0 aliphatic heterocycles. The van der Waals surface area contributed by atoms with E-state index in [1.165, 1.54) is 31.2 Å². The van der Waals surface area contributed by atoms with Gasteiger partial charge in [0.15, 0.2) is 6.29 Å². The maximum Gasteiger partial charge on any atom is 0.157 e. The molecule has 1 aliphatic carbocycles. The van der Waals surface area contributed by atoms with Crippen molar-refractivity contribution in [2.45, 2.75) is 44.3 Å². The van der Waals surface area contributed by atoms with Crippen LogP contribution in [0.25, 0.3) is 0 Å². The van der Waals surface area contributed by atoms with Crippen molar-refractivity contribution < 1.29 is 9.47 Å². The monoisotopic (exact) mass is 248 g/mol. The summed E-state index contributed by atoms with van der Waals surface area (Å²) in [6, 6.07) is 10.9. The van der Waals surface area contributed by atoms with Crippen LogP contribution in [0.5, 0.6) is 0 Å². The van der Waals surface area contributed by atoms with E-state index in [1.54, 1.807) is 14.2 Å². The number of rotatable bonds is 5. The summed E-state index contributed by atoms with van der Waals surface area (Å²) in [4.78, 5) is 0. The molecule has 0 spiro atoms. The average molecular weight is 248 g/mol. The lowest BCUT2D eigenvalue weighted by Crippen LogP contribution is -2.21. The molecule has 0 radical (unpaired) electrons. The highest BCUT2D eigenvalue weighted by molar-refractivity contribution is 5.19. The van der Waals surface area contributed by atoms with E-state index < -0.39 is 0 Å². The zero-order chi connectivity index (χ0) is 12.8. The quantitative estimate of drug-likeness (QED) is 0.734. The summed E-state index contributed by atoms with van der Waals surface area (Å²) in [6.45, 7) is 0. The molecule has 1 aromatic rings. The molecular weight excluding hydrogens is 224 g/mol. The Hall–Kier alpha value is -0.860. The van der Waals surface area contributed by atoms with Crippen LogP contribution < -0.4 is 0 Å². The minimum atomic E-state index is -0.0247. The van der Waals surface area contributed by atoms with Crippen molar-refractivity contribution in [3.05, 3.63) is 35.9 Å². The van der Waals surface area contributed by atoms with Gasteiger partial charge in [0.1, 0.15) is 0 Å². The van der Waals surface area contributed by atoms with Gasteiger partial charge in [-0.1, -0.05) is 30.3 Å². The van der Waals surface area contributed by atoms with E-state index in [1.807, 2.05) is 0 Å². The Morgan fingerprint density at radius 3 is 2.17 bits per heavy atom. The van der Waals surface area contributed by atoms with Gasteiger partial charge in [0.2, 0.25) is 0 Å². The normalized spacial score (nSPS) is 24.4. The highest BCUT2D eigenvalue weighted by Gasteiger charge is 2.24. The van der Waals surface area contributed by atoms with Gasteiger partial charge in [-0.05, 0) is 43.1 Å². The van der Waals surface area contributed by atoms with Crippen molar-refractivity contribution in [1.82, 2.24) is 0 Å². The largest absolute Gasteiger partial charge is 0.356 e. The minimum absolute atomic E-state index is 0.0247. The first kappa shape index (κ1) is 13.6. The highest BCUT2D eigenvalue weighted by atomic mass is 16.7. The highest BCUT2D eigenvalue weighted by Crippen LogP contribution is 2.37. The van der Waals surface area contributed by atoms with Gasteiger partial charge >= 0.3 is 0 Å². The van der Waals surface area contributed by atoms with E-state index in [0.29, 0.717) is 0 Å². The molecule has 0 bridgehead atoms. The molecule has 0 saturated heterocycles. The number of ether oxygens (including phenoxy) is 2. The molecule has 1 aliphatic rings. The third-order valence-electron chi connectivity index (χ3n) is 4.17. The summed E-state index contributed by atoms with van der Waals surface area (Å²) in [5, 5.41) is 0. The molecule has 1 saturated carbocycles. The Kier molecular flexibility index (Phi) is 5.21. The maximum atomic E-state index is 5.29. The van der Waals surface area contributed by atoms with Crippen LogP contribution >= 0.6 is 0 Å². The molecule has 0 N–H and O–H groups in total. The summed E-state index contributed by atoms with van der Waals surface area (Å²) >= 11 is 0. The lowest BCUT2D eigenvalue weighted by Gasteiger charge is -2.30. The molecule has 1 fully saturated rings. The third-order valence-corrected chi connectivity index (χ3v) is 4.17. The van der Waals surface area contributed by atoms with E-state index in [2.05, 4.69) is 30.3 Å². The van der Waals surface area contributed by atoms with E-state index in [-0.39, 0.29) is 6.29 Å². The number of methoxy groups -OCH3 is 2. The Morgan fingerprint density at radius 1 is 1.00 bits per heavy atom. The predicted molar refractivity (Wildman–Crippen MR) is 73.6 cm³/mol. The molecule has 2 rings (SSSR count). The predicted octanol–water partition coefficient (Wildman–Crippen LogP) is 3.97. The lowest BCUT2D eigenvalue weighted by molar-refractivity contribution is -0.116. The molecule has 0 amide bonds. The van der Waals surface area contributed by atoms with Gasteiger partial charge < -0.3 is 9.47 Å². The third kappa shape index (κ3) is 3.56. The van der Waals surface area contributed by atoms with Crippen LogP contribution in [0.15, 0.2) is 30.3 Å². The van der Waals surface area contributed by atoms with Crippen LogP contribution in [0.4, 0.5) is 0 Å². The first-order chi connectivity index (χ1) is 8.83. The number of hydrogen-bond donors (Lipinski definition) is 0. The summed E-state index contributed by atoms with van der Waals surface area (Å²) in [5.74, 6) is 1.51. The summed E-state index contributed by atoms with van der Waals surface area (Å²) < 4.78 is 10.6. The lowest BCUT2D eigenvalue weighted by atomic mass is 9.77. The van der Waals surface area contributed by atoms with Gasteiger partial charge in [-0.25, -0.2) is 0 Å². The zero-order valence-corrected chi connectivity index (χ0v) is 11.5. The fourth-order valence-electron chi connectivity index (χ4n) is 3.02. The van der Waals surface area contributed by atoms with Crippen LogP contribution in [0, 0.1) is 5.92 Å². The molecule has 18 heavy (non-hydrogen) atoms. The van der Waals surface area contributed by atoms with Crippen LogP contribution in [0.3, 0.4) is 0 Å². The molecular formula is C16H24O2. The summed E-state index contributed by atoms with van der Waals surface area (Å²) in [5.41, 5.74) is 1.51. The molecule has 1 aromatic carbocycles. The fraction of sp³-hybridized carbons (Fsp3) is 0.625. The van der Waals surface area contributed by atoms with E-state index >= 15 is 0 Å². The van der Waals surface area contributed by atoms with Crippen molar-refractivity contribution in [2.75, 3.05) is 14.2 Å². The number of benzene rings is 1. The van der Waals surface area contributed by atoms with Crippen LogP contribution in [-0.2, 0) is 9.47 Å². The number of hydrogen-bond acceptors (Lipinski definition) is 2. The topological polar surface area (TPSA) is 18.5 Å². The standard InChI is InChI=1S/C16H24O2/c1-17-16(18-2)12-13-8-10-15(11-9-13)14-6-4-3-5-7-14/h3-7,13,15-16H,8-12H2,1-2H3. The van der Waals surface area contributed by atoms with Crippen LogP contribution in [-0.4, -0.2) is 20.5 Å². The van der Waals surface area contributed by atoms with Gasteiger partial charge in [0.05, 0.1) is 0 Å². The Labute approximate surface area is 110 Å². The van der Waals surface area contributed by atoms with Gasteiger partial charge in [-0.2, -0.15) is 0 Å². The van der Waals surface area contributed by atoms with Crippen molar-refractivity contribution in [2.24, 2.45) is 5.92 Å². The first-order valence-electron chi connectivity index (χ1n) is 6.94. The van der Waals surface area contributed by atoms with Crippen LogP contribution in [0.2, 0.25) is 0 Å². The van der Waals surface area contributed by atoms with E-state index in [0.717, 1.165) is 18.3 Å². The van der Waals surface area contributed by atoms with Crippen LogP contribution in [0.1, 0.15) is 43.6 Å². The van der Waals surface area contributed by atoms with Gasteiger partial charge in [0.25, 0.3) is 0 Å². The molecule has 0 unspecified atom stereocenters. The maximum absolute atomic E-state index is 5.29. The summed E-state index contributed by atoms with van der Waals surface area (Å²) in [6.07, 6.45) is 6.20. The van der Waals surface area contributed by atoms with E-state index in [4.69, 9.17) is 9.47 Å². The van der Waals surface area contributed by atoms with E-state index in [9.17, 15) is 0 Å². The average Bonchev–Trinajstić information content (AvgIpc) is 2.46. The van der Waals surface area contributed by atoms with Gasteiger partial charge in [-0.15, -0.1) is 0 Å². The van der Waals surface area contributed by atoms with Crippen molar-refractivity contribution in [1.29, 1.82) is 0 Å². The molecule has 2 heteroatoms. The first-order valence-corrected chi connectivity index (χ1v) is 6.94. The Bertz CT molecular complexity index is 324. The fourth-order valence-corrected chi connectivity index (χ4v) is 3.02. The molecule has 0 heterocycles. The van der Waals surface area contributed by atoms with Crippen molar-refractivity contribution >= 4 is 0 Å². The van der Waals surface area contributed by atoms with Gasteiger partial charge in [0, 0.05) is 20.6 Å². The second-order valence-corrected chi connectivity index (χ2v) is 5.26. The zero-order valence-electron chi connectivity index (χ0n) is 11.5. The van der Waals surface area contributed by atoms with Gasteiger partial charge in [-0.3, -0.25) is 0 Å². The second-order valence-electron chi connectivity index (χ2n) is 5.26. The van der Waals surface area contributed by atoms with Crippen molar-refractivity contribution in [3.8, 4) is 0 Å².